The van der Waals surface area contributed by atoms with Crippen LogP contribution in [0.2, 0.25) is 0 Å². The van der Waals surface area contributed by atoms with E-state index < -0.39 is 11.7 Å². The molecule has 124 valence electrons. The van der Waals surface area contributed by atoms with Crippen LogP contribution >= 0.6 is 0 Å². The first-order valence-electron chi connectivity index (χ1n) is 7.94. The molecule has 1 rings (SSSR count). The number of ether oxygens (including phenoxy) is 1. The third-order valence-electron chi connectivity index (χ3n) is 3.58. The topological polar surface area (TPSA) is 9.23 Å². The van der Waals surface area contributed by atoms with E-state index >= 15 is 0 Å². The van der Waals surface area contributed by atoms with Gasteiger partial charge in [0.15, 0.2) is 0 Å². The molecule has 0 saturated heterocycles. The molecule has 1 aromatic carbocycles. The predicted octanol–water partition coefficient (Wildman–Crippen LogP) is 6.25. The van der Waals surface area contributed by atoms with Crippen molar-refractivity contribution in [3.63, 3.8) is 0 Å². The van der Waals surface area contributed by atoms with Crippen molar-refractivity contribution >= 4 is 0 Å². The molecule has 0 heterocycles. The van der Waals surface area contributed by atoms with Crippen LogP contribution in [0.5, 0.6) is 5.75 Å². The van der Waals surface area contributed by atoms with E-state index in [1.165, 1.54) is 25.3 Å². The first-order valence-corrected chi connectivity index (χ1v) is 7.94. The second-order valence-corrected chi connectivity index (χ2v) is 5.40. The van der Waals surface area contributed by atoms with Crippen LogP contribution in [-0.4, -0.2) is 6.61 Å². The van der Waals surface area contributed by atoms with E-state index in [0.29, 0.717) is 18.9 Å². The number of hydrogen-bond donors (Lipinski definition) is 0. The predicted molar refractivity (Wildman–Crippen MR) is 84.0 cm³/mol. The van der Waals surface area contributed by atoms with Crippen molar-refractivity contribution < 1.29 is 17.9 Å². The van der Waals surface area contributed by atoms with Crippen LogP contribution in [0.3, 0.4) is 0 Å². The number of benzene rings is 1. The molecule has 0 aliphatic heterocycles. The Morgan fingerprint density at radius 3 is 2.64 bits per heavy atom. The third kappa shape index (κ3) is 7.01. The molecular formula is C18H25F3O. The van der Waals surface area contributed by atoms with Crippen LogP contribution in [0.4, 0.5) is 13.2 Å². The Balaban J connectivity index is 2.38. The maximum Gasteiger partial charge on any atom is 0.416 e. The number of halogens is 3. The maximum atomic E-state index is 12.6. The Kier molecular flexibility index (Phi) is 8.07. The number of hydrogen-bond acceptors (Lipinski definition) is 1. The molecule has 0 N–H and O–H groups in total. The summed E-state index contributed by atoms with van der Waals surface area (Å²) >= 11 is 0. The van der Waals surface area contributed by atoms with Crippen LogP contribution in [0.1, 0.15) is 51.5 Å². The lowest BCUT2D eigenvalue weighted by Crippen LogP contribution is -2.05. The van der Waals surface area contributed by atoms with E-state index in [9.17, 15) is 13.2 Å². The molecular weight excluding hydrogens is 289 g/mol. The molecule has 4 heteroatoms. The number of allylic oxidation sites excluding steroid dienone is 1. The summed E-state index contributed by atoms with van der Waals surface area (Å²) < 4.78 is 43.1. The monoisotopic (exact) mass is 314 g/mol. The van der Waals surface area contributed by atoms with E-state index in [0.717, 1.165) is 18.6 Å². The number of alkyl halides is 3. The Morgan fingerprint density at radius 1 is 1.23 bits per heavy atom. The average Bonchev–Trinajstić information content (AvgIpc) is 2.49. The van der Waals surface area contributed by atoms with Crippen molar-refractivity contribution in [2.75, 3.05) is 6.61 Å². The zero-order chi connectivity index (χ0) is 16.4. The fourth-order valence-electron chi connectivity index (χ4n) is 2.20. The summed E-state index contributed by atoms with van der Waals surface area (Å²) in [5.41, 5.74) is -0.675. The fraction of sp³-hybridized carbons (Fsp3) is 0.556. The van der Waals surface area contributed by atoms with Gasteiger partial charge in [-0.3, -0.25) is 0 Å². The van der Waals surface area contributed by atoms with Gasteiger partial charge in [0.1, 0.15) is 5.75 Å². The van der Waals surface area contributed by atoms with Crippen molar-refractivity contribution in [1.29, 1.82) is 0 Å². The SMILES string of the molecule is CCCCC(/C=C/CCOc1cccc(C(F)(F)F)c1)CC. The van der Waals surface area contributed by atoms with Gasteiger partial charge in [-0.15, -0.1) is 0 Å². The van der Waals surface area contributed by atoms with E-state index in [1.54, 1.807) is 6.07 Å². The van der Waals surface area contributed by atoms with Crippen LogP contribution in [0.25, 0.3) is 0 Å². The molecule has 1 atom stereocenters. The lowest BCUT2D eigenvalue weighted by atomic mass is 9.99. The number of rotatable bonds is 9. The highest BCUT2D eigenvalue weighted by atomic mass is 19.4. The minimum Gasteiger partial charge on any atom is -0.493 e. The van der Waals surface area contributed by atoms with Crippen molar-refractivity contribution in [2.24, 2.45) is 5.92 Å². The van der Waals surface area contributed by atoms with Gasteiger partial charge in [-0.1, -0.05) is 44.9 Å². The zero-order valence-electron chi connectivity index (χ0n) is 13.3. The molecule has 0 aliphatic carbocycles. The molecule has 1 aromatic rings. The molecule has 0 aromatic heterocycles. The Bertz CT molecular complexity index is 452. The molecule has 1 unspecified atom stereocenters. The molecule has 22 heavy (non-hydrogen) atoms. The van der Waals surface area contributed by atoms with Crippen LogP contribution in [0, 0.1) is 5.92 Å². The smallest absolute Gasteiger partial charge is 0.416 e. The molecule has 0 spiro atoms. The summed E-state index contributed by atoms with van der Waals surface area (Å²) in [5, 5.41) is 0. The average molecular weight is 314 g/mol. The Morgan fingerprint density at radius 2 is 2.00 bits per heavy atom. The van der Waals surface area contributed by atoms with E-state index in [-0.39, 0.29) is 5.75 Å². The Hall–Kier alpha value is -1.45. The highest BCUT2D eigenvalue weighted by Gasteiger charge is 2.30. The van der Waals surface area contributed by atoms with E-state index in [2.05, 4.69) is 26.0 Å². The van der Waals surface area contributed by atoms with Gasteiger partial charge in [-0.25, -0.2) is 0 Å². The largest absolute Gasteiger partial charge is 0.493 e. The third-order valence-corrected chi connectivity index (χ3v) is 3.58. The van der Waals surface area contributed by atoms with Gasteiger partial charge in [-0.2, -0.15) is 13.2 Å². The lowest BCUT2D eigenvalue weighted by Gasteiger charge is -2.10. The summed E-state index contributed by atoms with van der Waals surface area (Å²) in [5.74, 6) is 0.856. The molecule has 0 amide bonds. The molecule has 0 saturated carbocycles. The highest BCUT2D eigenvalue weighted by molar-refractivity contribution is 5.30. The summed E-state index contributed by atoms with van der Waals surface area (Å²) in [4.78, 5) is 0. The minimum absolute atomic E-state index is 0.265. The molecule has 0 fully saturated rings. The van der Waals surface area contributed by atoms with Crippen molar-refractivity contribution in [3.8, 4) is 5.75 Å². The van der Waals surface area contributed by atoms with E-state index in [4.69, 9.17) is 4.74 Å². The maximum absolute atomic E-state index is 12.6. The Labute approximate surface area is 131 Å². The molecule has 0 radical (unpaired) electrons. The van der Waals surface area contributed by atoms with Gasteiger partial charge in [0, 0.05) is 0 Å². The van der Waals surface area contributed by atoms with Gasteiger partial charge in [0.2, 0.25) is 0 Å². The van der Waals surface area contributed by atoms with Gasteiger partial charge >= 0.3 is 6.18 Å². The van der Waals surface area contributed by atoms with Crippen LogP contribution < -0.4 is 4.74 Å². The summed E-state index contributed by atoms with van der Waals surface area (Å²) in [7, 11) is 0. The van der Waals surface area contributed by atoms with Crippen LogP contribution in [0.15, 0.2) is 36.4 Å². The second-order valence-electron chi connectivity index (χ2n) is 5.40. The van der Waals surface area contributed by atoms with Crippen LogP contribution in [-0.2, 0) is 6.18 Å². The zero-order valence-corrected chi connectivity index (χ0v) is 13.3. The lowest BCUT2D eigenvalue weighted by molar-refractivity contribution is -0.137. The first kappa shape index (κ1) is 18.6. The van der Waals surface area contributed by atoms with Gasteiger partial charge < -0.3 is 4.74 Å². The normalized spacial score (nSPS) is 13.5. The quantitative estimate of drug-likeness (QED) is 0.387. The standard InChI is InChI=1S/C18H25F3O/c1-3-5-9-15(4-2)10-6-7-13-22-17-12-8-11-16(14-17)18(19,20)21/h6,8,10-12,14-15H,3-5,7,9,13H2,1-2H3/b10-6+. The summed E-state index contributed by atoms with van der Waals surface area (Å²) in [6, 6.07) is 5.01. The molecule has 0 bridgehead atoms. The summed E-state index contributed by atoms with van der Waals surface area (Å²) in [6.45, 7) is 4.74. The van der Waals surface area contributed by atoms with Gasteiger partial charge in [0.05, 0.1) is 12.2 Å². The van der Waals surface area contributed by atoms with E-state index in [1.807, 2.05) is 0 Å². The number of unbranched alkanes of at least 4 members (excludes halogenated alkanes) is 1. The van der Waals surface area contributed by atoms with Crippen molar-refractivity contribution in [3.05, 3.63) is 42.0 Å². The highest BCUT2D eigenvalue weighted by Crippen LogP contribution is 2.31. The van der Waals surface area contributed by atoms with Gasteiger partial charge in [-0.05, 0) is 43.4 Å². The fourth-order valence-corrected chi connectivity index (χ4v) is 2.20. The van der Waals surface area contributed by atoms with Crippen molar-refractivity contribution in [2.45, 2.75) is 52.1 Å². The molecule has 0 aliphatic rings. The second kappa shape index (κ2) is 9.54. The molecule has 1 nitrogen and oxygen atoms in total. The minimum atomic E-state index is -4.33. The van der Waals surface area contributed by atoms with Crippen molar-refractivity contribution in [1.82, 2.24) is 0 Å². The summed E-state index contributed by atoms with van der Waals surface area (Å²) in [6.07, 6.45) is 5.38. The van der Waals surface area contributed by atoms with Gasteiger partial charge in [0.25, 0.3) is 0 Å². The first-order chi connectivity index (χ1) is 10.5.